The minimum atomic E-state index is -0.303. The van der Waals surface area contributed by atoms with E-state index < -0.39 is 0 Å². The maximum atomic E-state index is 12.4. The van der Waals surface area contributed by atoms with Gasteiger partial charge in [-0.15, -0.1) is 12.4 Å². The van der Waals surface area contributed by atoms with Gasteiger partial charge in [0.15, 0.2) is 0 Å². The van der Waals surface area contributed by atoms with Crippen LogP contribution in [0.4, 0.5) is 0 Å². The van der Waals surface area contributed by atoms with Crippen LogP contribution in [-0.4, -0.2) is 57.8 Å². The molecule has 0 bridgehead atoms. The molecule has 148 valence electrons. The van der Waals surface area contributed by atoms with Crippen molar-refractivity contribution in [1.29, 1.82) is 0 Å². The second-order valence-corrected chi connectivity index (χ2v) is 7.03. The molecule has 10 heteroatoms. The fraction of sp³-hybridized carbons (Fsp3) is 0.389. The van der Waals surface area contributed by atoms with Gasteiger partial charge in [0.25, 0.3) is 5.91 Å². The van der Waals surface area contributed by atoms with Gasteiger partial charge in [-0.05, 0) is 30.2 Å². The smallest absolute Gasteiger partial charge is 0.269 e. The van der Waals surface area contributed by atoms with Crippen LogP contribution in [0.5, 0.6) is 0 Å². The summed E-state index contributed by atoms with van der Waals surface area (Å²) in [6, 6.07) is 5.35. The molecule has 2 aliphatic rings. The van der Waals surface area contributed by atoms with E-state index in [0.29, 0.717) is 29.5 Å². The van der Waals surface area contributed by atoms with Gasteiger partial charge in [0, 0.05) is 32.6 Å². The SMILES string of the molecule is CNC(=O)c1cc(-c2cc(C3CNC[C@H]4CCC(=O)N34)cc(Cl)n2)ncn1.Cl. The second-order valence-electron chi connectivity index (χ2n) is 6.64. The van der Waals surface area contributed by atoms with E-state index in [9.17, 15) is 9.59 Å². The van der Waals surface area contributed by atoms with Crippen molar-refractivity contribution in [1.82, 2.24) is 30.5 Å². The minimum absolute atomic E-state index is 0. The van der Waals surface area contributed by atoms with E-state index in [1.165, 1.54) is 6.33 Å². The topological polar surface area (TPSA) is 100 Å². The highest BCUT2D eigenvalue weighted by atomic mass is 35.5. The van der Waals surface area contributed by atoms with Crippen LogP contribution in [0.3, 0.4) is 0 Å². The van der Waals surface area contributed by atoms with Crippen LogP contribution in [0.2, 0.25) is 5.15 Å². The number of amides is 2. The highest BCUT2D eigenvalue weighted by molar-refractivity contribution is 6.29. The van der Waals surface area contributed by atoms with E-state index >= 15 is 0 Å². The fourth-order valence-corrected chi connectivity index (χ4v) is 3.96. The van der Waals surface area contributed by atoms with Crippen molar-refractivity contribution in [2.75, 3.05) is 20.1 Å². The first-order valence-corrected chi connectivity index (χ1v) is 9.18. The number of carbonyl (C=O) groups excluding carboxylic acids is 2. The molecule has 4 rings (SSSR count). The molecule has 0 saturated carbocycles. The lowest BCUT2D eigenvalue weighted by Gasteiger charge is -2.38. The maximum absolute atomic E-state index is 12.4. The predicted molar refractivity (Wildman–Crippen MR) is 106 cm³/mol. The summed E-state index contributed by atoms with van der Waals surface area (Å²) in [6.45, 7) is 1.48. The number of hydrogen-bond donors (Lipinski definition) is 2. The highest BCUT2D eigenvalue weighted by Crippen LogP contribution is 2.34. The van der Waals surface area contributed by atoms with E-state index in [1.807, 2.05) is 11.0 Å². The first kappa shape index (κ1) is 20.4. The van der Waals surface area contributed by atoms with Crippen LogP contribution in [-0.2, 0) is 4.79 Å². The molecule has 2 N–H and O–H groups in total. The molecule has 2 aromatic rings. The summed E-state index contributed by atoms with van der Waals surface area (Å²) in [5, 5.41) is 6.25. The first-order chi connectivity index (χ1) is 13.1. The van der Waals surface area contributed by atoms with Crippen molar-refractivity contribution in [3.05, 3.63) is 40.9 Å². The number of pyridine rings is 1. The lowest BCUT2D eigenvalue weighted by Crippen LogP contribution is -2.51. The first-order valence-electron chi connectivity index (χ1n) is 8.80. The van der Waals surface area contributed by atoms with Gasteiger partial charge in [0.1, 0.15) is 17.2 Å². The summed E-state index contributed by atoms with van der Waals surface area (Å²) < 4.78 is 0. The van der Waals surface area contributed by atoms with Gasteiger partial charge in [0.05, 0.1) is 17.4 Å². The molecule has 8 nitrogen and oxygen atoms in total. The minimum Gasteiger partial charge on any atom is -0.354 e. The zero-order chi connectivity index (χ0) is 19.0. The standard InChI is InChI=1S/C18H19ClN6O2.ClH/c1-20-18(27)14-6-12(22-9-23-14)13-4-10(5-16(19)24-13)15-8-21-7-11-2-3-17(26)25(11)15;/h4-6,9,11,15,21H,2-3,7-8H2,1H3,(H,20,27);1H/t11-,15?;/m1./s1. The monoisotopic (exact) mass is 422 g/mol. The molecule has 0 aromatic carbocycles. The van der Waals surface area contributed by atoms with Crippen molar-refractivity contribution in [3.8, 4) is 11.4 Å². The number of nitrogens with zero attached hydrogens (tertiary/aromatic N) is 4. The van der Waals surface area contributed by atoms with E-state index in [1.54, 1.807) is 19.2 Å². The van der Waals surface area contributed by atoms with Gasteiger partial charge in [-0.25, -0.2) is 15.0 Å². The number of fused-ring (bicyclic) bond motifs is 1. The zero-order valence-corrected chi connectivity index (χ0v) is 16.8. The Bertz CT molecular complexity index is 909. The maximum Gasteiger partial charge on any atom is 0.269 e. The van der Waals surface area contributed by atoms with Crippen LogP contribution < -0.4 is 10.6 Å². The number of hydrogen-bond acceptors (Lipinski definition) is 6. The third-order valence-electron chi connectivity index (χ3n) is 5.02. The van der Waals surface area contributed by atoms with Crippen molar-refractivity contribution in [2.24, 2.45) is 0 Å². The van der Waals surface area contributed by atoms with E-state index in [-0.39, 0.29) is 42.0 Å². The summed E-state index contributed by atoms with van der Waals surface area (Å²) in [6.07, 6.45) is 2.77. The van der Waals surface area contributed by atoms with Crippen molar-refractivity contribution >= 4 is 35.8 Å². The molecule has 1 unspecified atom stereocenters. The Balaban J connectivity index is 0.00000225. The van der Waals surface area contributed by atoms with Crippen LogP contribution >= 0.6 is 24.0 Å². The van der Waals surface area contributed by atoms with Crippen LogP contribution in [0.1, 0.15) is 34.9 Å². The lowest BCUT2D eigenvalue weighted by molar-refractivity contribution is -0.132. The van der Waals surface area contributed by atoms with Crippen LogP contribution in [0.25, 0.3) is 11.4 Å². The summed E-state index contributed by atoms with van der Waals surface area (Å²) in [7, 11) is 1.54. The molecule has 2 amide bonds. The molecule has 2 saturated heterocycles. The molecular formula is C18H20Cl2N6O2. The molecule has 0 radical (unpaired) electrons. The molecule has 2 aliphatic heterocycles. The number of carbonyl (C=O) groups is 2. The van der Waals surface area contributed by atoms with E-state index in [4.69, 9.17) is 11.6 Å². The third kappa shape index (κ3) is 3.80. The van der Waals surface area contributed by atoms with Gasteiger partial charge in [-0.1, -0.05) is 11.6 Å². The molecule has 2 fully saturated rings. The van der Waals surface area contributed by atoms with Gasteiger partial charge in [-0.3, -0.25) is 9.59 Å². The van der Waals surface area contributed by atoms with E-state index in [2.05, 4.69) is 25.6 Å². The van der Waals surface area contributed by atoms with Crippen molar-refractivity contribution in [2.45, 2.75) is 24.9 Å². The van der Waals surface area contributed by atoms with Gasteiger partial charge in [0.2, 0.25) is 5.91 Å². The quantitative estimate of drug-likeness (QED) is 0.728. The largest absolute Gasteiger partial charge is 0.354 e. The molecule has 2 aromatic heterocycles. The molecule has 28 heavy (non-hydrogen) atoms. The van der Waals surface area contributed by atoms with Crippen LogP contribution in [0, 0.1) is 0 Å². The van der Waals surface area contributed by atoms with Gasteiger partial charge in [-0.2, -0.15) is 0 Å². The van der Waals surface area contributed by atoms with Crippen LogP contribution in [0.15, 0.2) is 24.5 Å². The normalized spacial score (nSPS) is 21.1. The summed E-state index contributed by atoms with van der Waals surface area (Å²) >= 11 is 6.27. The summed E-state index contributed by atoms with van der Waals surface area (Å²) in [4.78, 5) is 38.7. The molecule has 0 spiro atoms. The number of aromatic nitrogens is 3. The summed E-state index contributed by atoms with van der Waals surface area (Å²) in [5.74, 6) is -0.132. The van der Waals surface area contributed by atoms with Gasteiger partial charge >= 0.3 is 0 Å². The highest BCUT2D eigenvalue weighted by Gasteiger charge is 2.39. The number of halogens is 2. The zero-order valence-electron chi connectivity index (χ0n) is 15.2. The number of piperazine rings is 1. The predicted octanol–water partition coefficient (Wildman–Crippen LogP) is 1.61. The van der Waals surface area contributed by atoms with Crippen molar-refractivity contribution < 1.29 is 9.59 Å². The average Bonchev–Trinajstić information content (AvgIpc) is 3.08. The molecular weight excluding hydrogens is 403 g/mol. The molecule has 2 atom stereocenters. The molecule has 4 heterocycles. The average molecular weight is 423 g/mol. The third-order valence-corrected chi connectivity index (χ3v) is 5.21. The summed E-state index contributed by atoms with van der Waals surface area (Å²) in [5.41, 5.74) is 2.19. The van der Waals surface area contributed by atoms with E-state index in [0.717, 1.165) is 18.5 Å². The Hall–Kier alpha value is -2.29. The Morgan fingerprint density at radius 2 is 2.07 bits per heavy atom. The number of nitrogens with one attached hydrogen (secondary N) is 2. The second kappa shape index (κ2) is 8.38. The molecule has 0 aliphatic carbocycles. The Kier molecular flexibility index (Phi) is 6.12. The Morgan fingerprint density at radius 3 is 2.86 bits per heavy atom. The van der Waals surface area contributed by atoms with Gasteiger partial charge < -0.3 is 15.5 Å². The Labute approximate surface area is 173 Å². The Morgan fingerprint density at radius 1 is 1.25 bits per heavy atom. The fourth-order valence-electron chi connectivity index (χ4n) is 3.74. The lowest BCUT2D eigenvalue weighted by atomic mass is 10.0. The van der Waals surface area contributed by atoms with Crippen molar-refractivity contribution in [3.63, 3.8) is 0 Å². The number of rotatable bonds is 3.